The van der Waals surface area contributed by atoms with Crippen molar-refractivity contribution in [3.05, 3.63) is 87.1 Å². The molecule has 0 atom stereocenters. The maximum absolute atomic E-state index is 12.7. The Morgan fingerprint density at radius 3 is 2.38 bits per heavy atom. The van der Waals surface area contributed by atoms with Crippen LogP contribution in [0, 0.1) is 10.1 Å². The summed E-state index contributed by atoms with van der Waals surface area (Å²) < 4.78 is 5.76. The van der Waals surface area contributed by atoms with Crippen LogP contribution in [0.5, 0.6) is 0 Å². The van der Waals surface area contributed by atoms with Crippen molar-refractivity contribution >= 4 is 27.6 Å². The van der Waals surface area contributed by atoms with E-state index in [1.807, 2.05) is 0 Å². The Morgan fingerprint density at radius 1 is 0.833 bits per heavy atom. The van der Waals surface area contributed by atoms with Crippen LogP contribution in [0.3, 0.4) is 0 Å². The maximum atomic E-state index is 12.7. The van der Waals surface area contributed by atoms with Gasteiger partial charge in [-0.1, -0.05) is 30.3 Å². The summed E-state index contributed by atoms with van der Waals surface area (Å²) in [4.78, 5) is 23.5. The van der Waals surface area contributed by atoms with E-state index in [4.69, 9.17) is 4.42 Å². The molecule has 0 fully saturated rings. The average Bonchev–Trinajstić information content (AvgIpc) is 2.62. The van der Waals surface area contributed by atoms with Crippen molar-refractivity contribution in [2.75, 3.05) is 0 Å². The lowest BCUT2D eigenvalue weighted by atomic mass is 10.0. The summed E-state index contributed by atoms with van der Waals surface area (Å²) in [6.07, 6.45) is 0. The molecular weight excluding hydrogens is 306 g/mol. The van der Waals surface area contributed by atoms with E-state index >= 15 is 0 Å². The Labute approximate surface area is 135 Å². The van der Waals surface area contributed by atoms with E-state index in [2.05, 4.69) is 0 Å². The minimum atomic E-state index is -0.428. The van der Waals surface area contributed by atoms with Gasteiger partial charge in [-0.2, -0.15) is 0 Å². The highest BCUT2D eigenvalue weighted by atomic mass is 16.6. The molecule has 0 N–H and O–H groups in total. The van der Waals surface area contributed by atoms with Crippen LogP contribution in [0.2, 0.25) is 0 Å². The average molecular weight is 317 g/mol. The van der Waals surface area contributed by atoms with Gasteiger partial charge in [0.15, 0.2) is 0 Å². The summed E-state index contributed by atoms with van der Waals surface area (Å²) in [5.41, 5.74) is 1.91. The van der Waals surface area contributed by atoms with Crippen molar-refractivity contribution in [3.63, 3.8) is 0 Å². The standard InChI is InChI=1S/C19H11NO4/c21-19-14-6-2-4-8-17(14)24-18-10-9-12(11-15(18)19)13-5-1-3-7-16(13)20(22)23/h1-11H. The van der Waals surface area contributed by atoms with Crippen LogP contribution in [-0.2, 0) is 0 Å². The number of rotatable bonds is 2. The topological polar surface area (TPSA) is 73.3 Å². The van der Waals surface area contributed by atoms with E-state index in [-0.39, 0.29) is 11.1 Å². The minimum Gasteiger partial charge on any atom is -0.456 e. The number of hydrogen-bond donors (Lipinski definition) is 0. The Kier molecular flexibility index (Phi) is 3.13. The lowest BCUT2D eigenvalue weighted by molar-refractivity contribution is -0.384. The molecule has 4 aromatic rings. The first kappa shape index (κ1) is 14.1. The molecule has 5 heteroatoms. The van der Waals surface area contributed by atoms with Crippen LogP contribution in [0.4, 0.5) is 5.69 Å². The van der Waals surface area contributed by atoms with E-state index in [0.29, 0.717) is 33.1 Å². The molecule has 1 aromatic heterocycles. The molecule has 0 aliphatic rings. The molecule has 0 aliphatic carbocycles. The number of nitro benzene ring substituents is 1. The molecule has 1 heterocycles. The molecule has 24 heavy (non-hydrogen) atoms. The summed E-state index contributed by atoms with van der Waals surface area (Å²) in [6, 6.07) is 18.5. The fourth-order valence-corrected chi connectivity index (χ4v) is 2.85. The predicted octanol–water partition coefficient (Wildman–Crippen LogP) is 4.52. The number of nitrogens with zero attached hydrogens (tertiary/aromatic N) is 1. The third-order valence-corrected chi connectivity index (χ3v) is 3.99. The lowest BCUT2D eigenvalue weighted by Gasteiger charge is -2.05. The second-order valence-corrected chi connectivity index (χ2v) is 5.41. The van der Waals surface area contributed by atoms with Crippen LogP contribution in [-0.4, -0.2) is 4.92 Å². The molecule has 3 aromatic carbocycles. The second kappa shape index (κ2) is 5.31. The summed E-state index contributed by atoms with van der Waals surface area (Å²) in [5, 5.41) is 12.1. The molecule has 0 amide bonds. The van der Waals surface area contributed by atoms with Gasteiger partial charge in [0.2, 0.25) is 5.43 Å². The third kappa shape index (κ3) is 2.14. The van der Waals surface area contributed by atoms with Gasteiger partial charge in [-0.25, -0.2) is 0 Å². The predicted molar refractivity (Wildman–Crippen MR) is 92.1 cm³/mol. The van der Waals surface area contributed by atoms with Crippen molar-refractivity contribution in [2.24, 2.45) is 0 Å². The summed E-state index contributed by atoms with van der Waals surface area (Å²) >= 11 is 0. The molecule has 5 nitrogen and oxygen atoms in total. The van der Waals surface area contributed by atoms with E-state index < -0.39 is 4.92 Å². The van der Waals surface area contributed by atoms with Gasteiger partial charge in [0.05, 0.1) is 21.3 Å². The molecule has 0 saturated heterocycles. The molecule has 0 unspecified atom stereocenters. The lowest BCUT2D eigenvalue weighted by Crippen LogP contribution is -2.02. The number of nitro groups is 1. The smallest absolute Gasteiger partial charge is 0.277 e. The van der Waals surface area contributed by atoms with Crippen LogP contribution >= 0.6 is 0 Å². The molecule has 0 radical (unpaired) electrons. The monoisotopic (exact) mass is 317 g/mol. The Bertz CT molecular complexity index is 1160. The number of fused-ring (bicyclic) bond motifs is 2. The molecule has 0 bridgehead atoms. The largest absolute Gasteiger partial charge is 0.456 e. The van der Waals surface area contributed by atoms with Crippen molar-refractivity contribution in [1.82, 2.24) is 0 Å². The van der Waals surface area contributed by atoms with Gasteiger partial charge in [-0.05, 0) is 35.9 Å². The highest BCUT2D eigenvalue weighted by molar-refractivity contribution is 5.92. The normalized spacial score (nSPS) is 11.0. The third-order valence-electron chi connectivity index (χ3n) is 3.99. The van der Waals surface area contributed by atoms with Crippen LogP contribution in [0.25, 0.3) is 33.1 Å². The number of benzene rings is 3. The quantitative estimate of drug-likeness (QED) is 0.309. The summed E-state index contributed by atoms with van der Waals surface area (Å²) in [5.74, 6) is 0. The zero-order valence-electron chi connectivity index (χ0n) is 12.4. The first-order valence-corrected chi connectivity index (χ1v) is 7.34. The summed E-state index contributed by atoms with van der Waals surface area (Å²) in [7, 11) is 0. The van der Waals surface area contributed by atoms with E-state index in [0.717, 1.165) is 0 Å². The van der Waals surface area contributed by atoms with E-state index in [1.54, 1.807) is 60.7 Å². The van der Waals surface area contributed by atoms with Crippen LogP contribution in [0.1, 0.15) is 0 Å². The Morgan fingerprint density at radius 2 is 1.54 bits per heavy atom. The first-order valence-electron chi connectivity index (χ1n) is 7.34. The fourth-order valence-electron chi connectivity index (χ4n) is 2.85. The second-order valence-electron chi connectivity index (χ2n) is 5.41. The molecule has 0 saturated carbocycles. The van der Waals surface area contributed by atoms with Gasteiger partial charge in [0, 0.05) is 6.07 Å². The number of hydrogen-bond acceptors (Lipinski definition) is 4. The van der Waals surface area contributed by atoms with Gasteiger partial charge in [-0.3, -0.25) is 14.9 Å². The van der Waals surface area contributed by atoms with E-state index in [9.17, 15) is 14.9 Å². The Balaban J connectivity index is 2.03. The van der Waals surface area contributed by atoms with Crippen molar-refractivity contribution < 1.29 is 9.34 Å². The molecule has 4 rings (SSSR count). The summed E-state index contributed by atoms with van der Waals surface area (Å²) in [6.45, 7) is 0. The fraction of sp³-hybridized carbons (Fsp3) is 0. The van der Waals surface area contributed by atoms with Crippen molar-refractivity contribution in [3.8, 4) is 11.1 Å². The molecule has 0 aliphatic heterocycles. The molecule has 116 valence electrons. The van der Waals surface area contributed by atoms with Crippen LogP contribution < -0.4 is 5.43 Å². The zero-order chi connectivity index (χ0) is 16.7. The molecule has 0 spiro atoms. The van der Waals surface area contributed by atoms with Gasteiger partial charge < -0.3 is 4.42 Å². The highest BCUT2D eigenvalue weighted by Crippen LogP contribution is 2.31. The van der Waals surface area contributed by atoms with Crippen LogP contribution in [0.15, 0.2) is 75.9 Å². The Hall–Kier alpha value is -3.47. The van der Waals surface area contributed by atoms with Crippen molar-refractivity contribution in [2.45, 2.75) is 0 Å². The van der Waals surface area contributed by atoms with Gasteiger partial charge >= 0.3 is 0 Å². The first-order chi connectivity index (χ1) is 11.6. The minimum absolute atomic E-state index is 0.00188. The van der Waals surface area contributed by atoms with Gasteiger partial charge in [0.1, 0.15) is 11.2 Å². The van der Waals surface area contributed by atoms with Crippen molar-refractivity contribution in [1.29, 1.82) is 0 Å². The zero-order valence-corrected chi connectivity index (χ0v) is 12.4. The number of para-hydroxylation sites is 2. The SMILES string of the molecule is O=c1c2ccccc2oc2ccc(-c3ccccc3[N+](=O)[O-])cc12. The molecular formula is C19H11NO4. The highest BCUT2D eigenvalue weighted by Gasteiger charge is 2.15. The maximum Gasteiger partial charge on any atom is 0.277 e. The van der Waals surface area contributed by atoms with E-state index in [1.165, 1.54) is 6.07 Å². The van der Waals surface area contributed by atoms with Gasteiger partial charge in [0.25, 0.3) is 5.69 Å². The van der Waals surface area contributed by atoms with Gasteiger partial charge in [-0.15, -0.1) is 0 Å².